The Bertz CT molecular complexity index is 745. The van der Waals surface area contributed by atoms with Gasteiger partial charge in [-0.15, -0.1) is 0 Å². The third kappa shape index (κ3) is 3.93. The average molecular weight is 334 g/mol. The number of nitrogens with one attached hydrogen (secondary N) is 1. The zero-order valence-electron chi connectivity index (χ0n) is 14.8. The van der Waals surface area contributed by atoms with Crippen LogP contribution < -0.4 is 5.32 Å². The van der Waals surface area contributed by atoms with E-state index in [2.05, 4.69) is 46.6 Å². The zero-order chi connectivity index (χ0) is 17.1. The van der Waals surface area contributed by atoms with Crippen LogP contribution in [-0.4, -0.2) is 23.9 Å². The third-order valence-electron chi connectivity index (χ3n) is 5.44. The van der Waals surface area contributed by atoms with Crippen LogP contribution >= 0.6 is 0 Å². The van der Waals surface area contributed by atoms with Crippen molar-refractivity contribution in [2.45, 2.75) is 45.2 Å². The standard InChI is InChI=1S/C22H26N2O/c25-22(21-11-10-19-4-3-5-20(19)14-21)23-15-17-6-8-18(9-7-17)16-24-12-1-2-13-24/h6-11,14H,1-5,12-13,15-16H2,(H,23,25). The van der Waals surface area contributed by atoms with Gasteiger partial charge in [-0.25, -0.2) is 0 Å². The Hall–Kier alpha value is -2.13. The molecule has 3 heteroatoms. The van der Waals surface area contributed by atoms with Crippen LogP contribution in [-0.2, 0) is 25.9 Å². The van der Waals surface area contributed by atoms with Crippen molar-refractivity contribution in [2.24, 2.45) is 0 Å². The van der Waals surface area contributed by atoms with Gasteiger partial charge in [-0.3, -0.25) is 9.69 Å². The molecule has 2 aliphatic rings. The Balaban J connectivity index is 1.32. The summed E-state index contributed by atoms with van der Waals surface area (Å²) in [6.45, 7) is 4.07. The van der Waals surface area contributed by atoms with E-state index in [0.717, 1.165) is 30.5 Å². The van der Waals surface area contributed by atoms with E-state index < -0.39 is 0 Å². The molecular weight excluding hydrogens is 308 g/mol. The second-order valence-electron chi connectivity index (χ2n) is 7.32. The fraction of sp³-hybridized carbons (Fsp3) is 0.409. The van der Waals surface area contributed by atoms with Gasteiger partial charge < -0.3 is 5.32 Å². The molecule has 3 nitrogen and oxygen atoms in total. The number of fused-ring (bicyclic) bond motifs is 1. The Kier molecular flexibility index (Phi) is 4.84. The number of hydrogen-bond donors (Lipinski definition) is 1. The highest BCUT2D eigenvalue weighted by Crippen LogP contribution is 2.22. The maximum Gasteiger partial charge on any atom is 0.251 e. The van der Waals surface area contributed by atoms with E-state index in [4.69, 9.17) is 0 Å². The summed E-state index contributed by atoms with van der Waals surface area (Å²) >= 11 is 0. The van der Waals surface area contributed by atoms with Gasteiger partial charge in [-0.05, 0) is 79.6 Å². The van der Waals surface area contributed by atoms with Crippen molar-refractivity contribution in [3.05, 3.63) is 70.3 Å². The van der Waals surface area contributed by atoms with Gasteiger partial charge in [0.2, 0.25) is 0 Å². The third-order valence-corrected chi connectivity index (χ3v) is 5.44. The first-order valence-electron chi connectivity index (χ1n) is 9.48. The predicted octanol–water partition coefficient (Wildman–Crippen LogP) is 3.70. The minimum atomic E-state index is 0.0239. The Morgan fingerprint density at radius 1 is 0.880 bits per heavy atom. The molecule has 4 rings (SSSR count). The maximum absolute atomic E-state index is 12.4. The smallest absolute Gasteiger partial charge is 0.251 e. The van der Waals surface area contributed by atoms with Crippen molar-refractivity contribution in [1.29, 1.82) is 0 Å². The van der Waals surface area contributed by atoms with Gasteiger partial charge in [-0.1, -0.05) is 30.3 Å². The quantitative estimate of drug-likeness (QED) is 0.904. The second-order valence-corrected chi connectivity index (χ2v) is 7.32. The lowest BCUT2D eigenvalue weighted by Gasteiger charge is -2.14. The molecule has 1 fully saturated rings. The fourth-order valence-corrected chi connectivity index (χ4v) is 3.96. The van der Waals surface area contributed by atoms with E-state index in [0.29, 0.717) is 6.54 Å². The number of carbonyl (C=O) groups excluding carboxylic acids is 1. The van der Waals surface area contributed by atoms with E-state index in [1.807, 2.05) is 6.07 Å². The summed E-state index contributed by atoms with van der Waals surface area (Å²) in [7, 11) is 0. The van der Waals surface area contributed by atoms with E-state index >= 15 is 0 Å². The molecule has 0 aromatic heterocycles. The van der Waals surface area contributed by atoms with Crippen molar-refractivity contribution in [3.63, 3.8) is 0 Å². The normalized spacial score (nSPS) is 16.8. The summed E-state index contributed by atoms with van der Waals surface area (Å²) in [5.74, 6) is 0.0239. The van der Waals surface area contributed by atoms with Crippen LogP contribution in [0.4, 0.5) is 0 Å². The maximum atomic E-state index is 12.4. The number of hydrogen-bond acceptors (Lipinski definition) is 2. The van der Waals surface area contributed by atoms with Gasteiger partial charge in [0.25, 0.3) is 5.91 Å². The molecule has 130 valence electrons. The van der Waals surface area contributed by atoms with E-state index in [1.54, 1.807) is 0 Å². The van der Waals surface area contributed by atoms with Crippen LogP contribution in [0.5, 0.6) is 0 Å². The van der Waals surface area contributed by atoms with Crippen molar-refractivity contribution in [3.8, 4) is 0 Å². The lowest BCUT2D eigenvalue weighted by atomic mass is 10.1. The molecule has 0 atom stereocenters. The molecular formula is C22H26N2O. The minimum absolute atomic E-state index is 0.0239. The molecule has 0 spiro atoms. The SMILES string of the molecule is O=C(NCc1ccc(CN2CCCC2)cc1)c1ccc2c(c1)CCC2. The fourth-order valence-electron chi connectivity index (χ4n) is 3.96. The molecule has 0 bridgehead atoms. The summed E-state index contributed by atoms with van der Waals surface area (Å²) in [5, 5.41) is 3.05. The molecule has 2 aromatic rings. The first-order chi connectivity index (χ1) is 12.3. The van der Waals surface area contributed by atoms with Crippen molar-refractivity contribution in [1.82, 2.24) is 10.2 Å². The van der Waals surface area contributed by atoms with Crippen molar-refractivity contribution in [2.75, 3.05) is 13.1 Å². The molecule has 1 aliphatic carbocycles. The lowest BCUT2D eigenvalue weighted by Crippen LogP contribution is -2.23. The van der Waals surface area contributed by atoms with Crippen LogP contribution in [0.1, 0.15) is 51.9 Å². The highest BCUT2D eigenvalue weighted by Gasteiger charge is 2.14. The van der Waals surface area contributed by atoms with Crippen molar-refractivity contribution < 1.29 is 4.79 Å². The van der Waals surface area contributed by atoms with Gasteiger partial charge >= 0.3 is 0 Å². The number of aryl methyl sites for hydroxylation is 2. The summed E-state index contributed by atoms with van der Waals surface area (Å²) in [5.41, 5.74) is 6.05. The minimum Gasteiger partial charge on any atom is -0.348 e. The van der Waals surface area contributed by atoms with Crippen LogP contribution in [0.3, 0.4) is 0 Å². The molecule has 1 aliphatic heterocycles. The monoisotopic (exact) mass is 334 g/mol. The zero-order valence-corrected chi connectivity index (χ0v) is 14.8. The topological polar surface area (TPSA) is 32.3 Å². The van der Waals surface area contributed by atoms with E-state index in [9.17, 15) is 4.79 Å². The molecule has 2 aromatic carbocycles. The molecule has 1 heterocycles. The van der Waals surface area contributed by atoms with Crippen LogP contribution in [0.2, 0.25) is 0 Å². The summed E-state index contributed by atoms with van der Waals surface area (Å²) in [6, 6.07) is 14.8. The van der Waals surface area contributed by atoms with Gasteiger partial charge in [0.1, 0.15) is 0 Å². The molecule has 1 N–H and O–H groups in total. The summed E-state index contributed by atoms with van der Waals surface area (Å²) < 4.78 is 0. The van der Waals surface area contributed by atoms with Gasteiger partial charge in [-0.2, -0.15) is 0 Å². The Morgan fingerprint density at radius 3 is 2.40 bits per heavy atom. The molecule has 25 heavy (non-hydrogen) atoms. The lowest BCUT2D eigenvalue weighted by molar-refractivity contribution is 0.0951. The van der Waals surface area contributed by atoms with Gasteiger partial charge in [0.05, 0.1) is 0 Å². The van der Waals surface area contributed by atoms with Gasteiger partial charge in [0, 0.05) is 18.7 Å². The predicted molar refractivity (Wildman–Crippen MR) is 101 cm³/mol. The number of rotatable bonds is 5. The number of nitrogens with zero attached hydrogens (tertiary/aromatic N) is 1. The molecule has 0 saturated carbocycles. The molecule has 1 saturated heterocycles. The van der Waals surface area contributed by atoms with E-state index in [-0.39, 0.29) is 5.91 Å². The molecule has 0 unspecified atom stereocenters. The number of likely N-dealkylation sites (tertiary alicyclic amines) is 1. The van der Waals surface area contributed by atoms with Crippen LogP contribution in [0.25, 0.3) is 0 Å². The number of benzene rings is 2. The molecule has 0 radical (unpaired) electrons. The average Bonchev–Trinajstić information content (AvgIpc) is 3.31. The number of carbonyl (C=O) groups is 1. The highest BCUT2D eigenvalue weighted by molar-refractivity contribution is 5.94. The first-order valence-corrected chi connectivity index (χ1v) is 9.48. The highest BCUT2D eigenvalue weighted by atomic mass is 16.1. The molecule has 1 amide bonds. The second kappa shape index (κ2) is 7.40. The Morgan fingerprint density at radius 2 is 1.60 bits per heavy atom. The van der Waals surface area contributed by atoms with Gasteiger partial charge in [0.15, 0.2) is 0 Å². The van der Waals surface area contributed by atoms with Crippen LogP contribution in [0, 0.1) is 0 Å². The number of amides is 1. The van der Waals surface area contributed by atoms with Crippen LogP contribution in [0.15, 0.2) is 42.5 Å². The summed E-state index contributed by atoms with van der Waals surface area (Å²) in [6.07, 6.45) is 6.12. The Labute approximate surface area is 150 Å². The largest absolute Gasteiger partial charge is 0.348 e. The summed E-state index contributed by atoms with van der Waals surface area (Å²) in [4.78, 5) is 14.9. The van der Waals surface area contributed by atoms with Crippen molar-refractivity contribution >= 4 is 5.91 Å². The van der Waals surface area contributed by atoms with E-state index in [1.165, 1.54) is 49.0 Å². The first kappa shape index (κ1) is 16.3.